The Morgan fingerprint density at radius 2 is 2.00 bits per heavy atom. The number of phenols is 1. The zero-order chi connectivity index (χ0) is 22.8. The summed E-state index contributed by atoms with van der Waals surface area (Å²) < 4.78 is 0. The highest BCUT2D eigenvalue weighted by atomic mass is 16.3. The van der Waals surface area contributed by atoms with Gasteiger partial charge in [0.1, 0.15) is 5.75 Å². The quantitative estimate of drug-likeness (QED) is 0.587. The average Bonchev–Trinajstić information content (AvgIpc) is 3.04. The Kier molecular flexibility index (Phi) is 7.38. The van der Waals surface area contributed by atoms with E-state index in [1.54, 1.807) is 12.1 Å². The molecule has 31 heavy (non-hydrogen) atoms. The molecular weight excluding hydrogens is 384 g/mol. The first kappa shape index (κ1) is 24.1. The summed E-state index contributed by atoms with van der Waals surface area (Å²) in [6.45, 7) is 12.7. The van der Waals surface area contributed by atoms with Crippen LogP contribution in [0.15, 0.2) is 23.8 Å². The van der Waals surface area contributed by atoms with Gasteiger partial charge in [0.05, 0.1) is 12.2 Å². The SMILES string of the molecule is C=c1c(CO)cc(O)c/c1=C/C=C1\CCC[C@]2(C)[C@@H]([C@H](C)CCCC(C)(C)O)CC[C@@H]12. The maximum absolute atomic E-state index is 10.0. The molecule has 1 aromatic rings. The fourth-order valence-electron chi connectivity index (χ4n) is 6.50. The molecule has 0 aromatic heterocycles. The van der Waals surface area contributed by atoms with Crippen LogP contribution >= 0.6 is 0 Å². The van der Waals surface area contributed by atoms with Crippen LogP contribution in [-0.4, -0.2) is 20.9 Å². The van der Waals surface area contributed by atoms with E-state index in [9.17, 15) is 15.3 Å². The van der Waals surface area contributed by atoms with Crippen molar-refractivity contribution in [2.75, 3.05) is 0 Å². The van der Waals surface area contributed by atoms with Crippen LogP contribution in [0, 0.1) is 23.2 Å². The molecule has 3 heteroatoms. The zero-order valence-corrected chi connectivity index (χ0v) is 20.0. The molecule has 0 spiro atoms. The van der Waals surface area contributed by atoms with E-state index in [1.807, 2.05) is 13.8 Å². The van der Waals surface area contributed by atoms with Gasteiger partial charge in [-0.3, -0.25) is 0 Å². The van der Waals surface area contributed by atoms with Gasteiger partial charge in [0, 0.05) is 0 Å². The van der Waals surface area contributed by atoms with Crippen LogP contribution in [0.25, 0.3) is 12.7 Å². The summed E-state index contributed by atoms with van der Waals surface area (Å²) in [6, 6.07) is 3.33. The standard InChI is InChI=1S/C28H42O3/c1-19(8-6-14-27(3,4)31)25-12-13-26-21(9-7-15-28(25,26)5)10-11-22-16-24(30)17-23(18-29)20(22)2/h10-11,16-17,19,25-26,29-31H,2,6-9,12-15,18H2,1,3-5H3/b21-10+,22-11-/t19-,25-,26+,28-/m1/s1. The van der Waals surface area contributed by atoms with Crippen LogP contribution in [0.2, 0.25) is 0 Å². The number of hydrogen-bond donors (Lipinski definition) is 3. The summed E-state index contributed by atoms with van der Waals surface area (Å²) in [5.74, 6) is 2.23. The van der Waals surface area contributed by atoms with Crippen molar-refractivity contribution in [2.45, 2.75) is 91.3 Å². The van der Waals surface area contributed by atoms with Crippen molar-refractivity contribution in [3.05, 3.63) is 39.8 Å². The maximum atomic E-state index is 10.0. The summed E-state index contributed by atoms with van der Waals surface area (Å²) in [5, 5.41) is 31.3. The lowest BCUT2D eigenvalue weighted by Crippen LogP contribution is -2.36. The first-order valence-corrected chi connectivity index (χ1v) is 12.1. The molecule has 0 saturated heterocycles. The summed E-state index contributed by atoms with van der Waals surface area (Å²) in [5.41, 5.74) is 2.01. The van der Waals surface area contributed by atoms with Gasteiger partial charge in [0.25, 0.3) is 0 Å². The second kappa shape index (κ2) is 9.50. The Morgan fingerprint density at radius 3 is 2.68 bits per heavy atom. The fourth-order valence-corrected chi connectivity index (χ4v) is 6.50. The molecular formula is C28H42O3. The van der Waals surface area contributed by atoms with Crippen LogP contribution in [0.1, 0.15) is 84.6 Å². The number of aromatic hydroxyl groups is 1. The van der Waals surface area contributed by atoms with Crippen molar-refractivity contribution in [2.24, 2.45) is 23.2 Å². The third-order valence-corrected chi connectivity index (χ3v) is 8.18. The van der Waals surface area contributed by atoms with Gasteiger partial charge in [-0.2, -0.15) is 0 Å². The first-order valence-electron chi connectivity index (χ1n) is 12.1. The van der Waals surface area contributed by atoms with Crippen molar-refractivity contribution < 1.29 is 15.3 Å². The van der Waals surface area contributed by atoms with E-state index >= 15 is 0 Å². The Bertz CT molecular complexity index is 907. The Labute approximate surface area is 188 Å². The predicted molar refractivity (Wildman–Crippen MR) is 129 cm³/mol. The van der Waals surface area contributed by atoms with Gasteiger partial charge in [0.2, 0.25) is 0 Å². The smallest absolute Gasteiger partial charge is 0.116 e. The highest BCUT2D eigenvalue weighted by Crippen LogP contribution is 2.59. The fraction of sp³-hybridized carbons (Fsp3) is 0.643. The highest BCUT2D eigenvalue weighted by Gasteiger charge is 2.50. The third kappa shape index (κ3) is 5.43. The lowest BCUT2D eigenvalue weighted by atomic mass is 9.60. The molecule has 0 amide bonds. The lowest BCUT2D eigenvalue weighted by Gasteiger charge is -2.44. The molecule has 2 saturated carbocycles. The minimum Gasteiger partial charge on any atom is -0.508 e. The second-order valence-electron chi connectivity index (χ2n) is 11.0. The predicted octanol–water partition coefficient (Wildman–Crippen LogP) is 4.80. The number of fused-ring (bicyclic) bond motifs is 1. The van der Waals surface area contributed by atoms with Gasteiger partial charge in [0.15, 0.2) is 0 Å². The topological polar surface area (TPSA) is 60.7 Å². The molecule has 0 heterocycles. The molecule has 3 N–H and O–H groups in total. The molecule has 172 valence electrons. The van der Waals surface area contributed by atoms with E-state index in [4.69, 9.17) is 0 Å². The largest absolute Gasteiger partial charge is 0.508 e. The Balaban J connectivity index is 1.80. The number of aliphatic hydroxyl groups is 2. The van der Waals surface area contributed by atoms with Crippen molar-refractivity contribution in [1.29, 1.82) is 0 Å². The average molecular weight is 427 g/mol. The van der Waals surface area contributed by atoms with Crippen LogP contribution in [0.4, 0.5) is 0 Å². The molecule has 0 unspecified atom stereocenters. The summed E-state index contributed by atoms with van der Waals surface area (Å²) in [4.78, 5) is 0. The van der Waals surface area contributed by atoms with E-state index in [1.165, 1.54) is 37.7 Å². The minimum absolute atomic E-state index is 0.113. The van der Waals surface area contributed by atoms with E-state index in [0.717, 1.165) is 35.6 Å². The molecule has 2 fully saturated rings. The number of benzene rings is 1. The van der Waals surface area contributed by atoms with E-state index in [-0.39, 0.29) is 12.4 Å². The van der Waals surface area contributed by atoms with E-state index < -0.39 is 5.60 Å². The van der Waals surface area contributed by atoms with Gasteiger partial charge in [-0.25, -0.2) is 0 Å². The number of aliphatic hydroxyl groups excluding tert-OH is 1. The van der Waals surface area contributed by atoms with E-state index in [0.29, 0.717) is 22.8 Å². The van der Waals surface area contributed by atoms with Gasteiger partial charge >= 0.3 is 0 Å². The Hall–Kier alpha value is -1.58. The van der Waals surface area contributed by atoms with Crippen molar-refractivity contribution in [1.82, 2.24) is 0 Å². The molecule has 4 atom stereocenters. The molecule has 0 radical (unpaired) electrons. The van der Waals surface area contributed by atoms with E-state index in [2.05, 4.69) is 32.6 Å². The second-order valence-corrected chi connectivity index (χ2v) is 11.0. The van der Waals surface area contributed by atoms with Crippen molar-refractivity contribution in [3.63, 3.8) is 0 Å². The highest BCUT2D eigenvalue weighted by molar-refractivity contribution is 5.45. The van der Waals surface area contributed by atoms with Crippen LogP contribution in [0.5, 0.6) is 5.75 Å². The number of phenolic OH excluding ortho intramolecular Hbond substituents is 1. The number of hydrogen-bond acceptors (Lipinski definition) is 3. The van der Waals surface area contributed by atoms with Crippen LogP contribution < -0.4 is 10.4 Å². The molecule has 3 nitrogen and oxygen atoms in total. The number of allylic oxidation sites excluding steroid dienone is 2. The van der Waals surface area contributed by atoms with Gasteiger partial charge in [-0.1, -0.05) is 51.0 Å². The maximum Gasteiger partial charge on any atom is 0.116 e. The molecule has 0 aliphatic heterocycles. The molecule has 3 rings (SSSR count). The van der Waals surface area contributed by atoms with Gasteiger partial charge < -0.3 is 15.3 Å². The molecule has 1 aromatic carbocycles. The van der Waals surface area contributed by atoms with Crippen molar-refractivity contribution >= 4 is 12.7 Å². The van der Waals surface area contributed by atoms with Gasteiger partial charge in [-0.15, -0.1) is 0 Å². The van der Waals surface area contributed by atoms with Crippen LogP contribution in [-0.2, 0) is 6.61 Å². The number of rotatable bonds is 7. The Morgan fingerprint density at radius 1 is 1.26 bits per heavy atom. The lowest BCUT2D eigenvalue weighted by molar-refractivity contribution is 0.0597. The summed E-state index contributed by atoms with van der Waals surface area (Å²) >= 11 is 0. The summed E-state index contributed by atoms with van der Waals surface area (Å²) in [6.07, 6.45) is 13.8. The van der Waals surface area contributed by atoms with Crippen LogP contribution in [0.3, 0.4) is 0 Å². The normalized spacial score (nSPS) is 29.4. The van der Waals surface area contributed by atoms with Crippen molar-refractivity contribution in [3.8, 4) is 5.75 Å². The molecule has 0 bridgehead atoms. The molecule has 2 aliphatic rings. The summed E-state index contributed by atoms with van der Waals surface area (Å²) in [7, 11) is 0. The third-order valence-electron chi connectivity index (χ3n) is 8.18. The molecule has 2 aliphatic carbocycles. The first-order chi connectivity index (χ1) is 14.5. The monoisotopic (exact) mass is 426 g/mol. The van der Waals surface area contributed by atoms with Gasteiger partial charge in [-0.05, 0) is 104 Å². The zero-order valence-electron chi connectivity index (χ0n) is 20.0. The minimum atomic E-state index is -0.562.